The molecule has 1 amide bonds. The number of nitrogens with zero attached hydrogens (tertiary/aromatic N) is 3. The average molecular weight is 382 g/mol. The molecule has 3 rings (SSSR count). The zero-order chi connectivity index (χ0) is 18.9. The number of piperazine rings is 1. The van der Waals surface area contributed by atoms with E-state index in [1.54, 1.807) is 18.3 Å². The second-order valence-corrected chi connectivity index (χ2v) is 9.36. The van der Waals surface area contributed by atoms with E-state index in [-0.39, 0.29) is 11.1 Å². The molecule has 2 saturated heterocycles. The summed E-state index contributed by atoms with van der Waals surface area (Å²) in [5.41, 5.74) is 0.147. The van der Waals surface area contributed by atoms with Crippen LogP contribution in [0.2, 0.25) is 0 Å². The third-order valence-corrected chi connectivity index (χ3v) is 6.49. The molecule has 0 spiro atoms. The molecule has 1 atom stereocenters. The van der Waals surface area contributed by atoms with Gasteiger partial charge in [-0.25, -0.2) is 9.71 Å². The second kappa shape index (κ2) is 7.13. The predicted molar refractivity (Wildman–Crippen MR) is 100 cm³/mol. The van der Waals surface area contributed by atoms with Crippen LogP contribution in [0.25, 0.3) is 0 Å². The lowest BCUT2D eigenvalue weighted by Crippen LogP contribution is -2.51. The number of pyridine rings is 1. The van der Waals surface area contributed by atoms with E-state index in [1.807, 2.05) is 0 Å². The van der Waals surface area contributed by atoms with Gasteiger partial charge in [-0.3, -0.25) is 4.79 Å². The van der Waals surface area contributed by atoms with Crippen LogP contribution < -0.4 is 14.9 Å². The molecule has 2 fully saturated rings. The average Bonchev–Trinajstić information content (AvgIpc) is 2.87. The van der Waals surface area contributed by atoms with Crippen LogP contribution >= 0.6 is 0 Å². The molecular weight excluding hydrogens is 354 g/mol. The van der Waals surface area contributed by atoms with Crippen molar-refractivity contribution in [1.29, 1.82) is 0 Å². The van der Waals surface area contributed by atoms with Gasteiger partial charge in [-0.2, -0.15) is 12.7 Å². The van der Waals surface area contributed by atoms with Gasteiger partial charge in [0.15, 0.2) is 0 Å². The monoisotopic (exact) mass is 381 g/mol. The molecule has 1 aromatic heterocycles. The van der Waals surface area contributed by atoms with Gasteiger partial charge in [0.2, 0.25) is 0 Å². The van der Waals surface area contributed by atoms with Crippen LogP contribution in [-0.4, -0.2) is 61.9 Å². The van der Waals surface area contributed by atoms with Crippen LogP contribution in [0.1, 0.15) is 37.6 Å². The standard InChI is InChI=1S/C17H27N5O3S/c1-13-11-17(2,3)22(12-13)15-14(5-4-6-19-15)16(23)20-26(24,25)21-9-7-18-8-10-21/h4-6,13,18H,7-12H2,1-3H3,(H,20,23). The molecule has 0 saturated carbocycles. The number of carbonyl (C=O) groups is 1. The Morgan fingerprint density at radius 1 is 1.35 bits per heavy atom. The van der Waals surface area contributed by atoms with Gasteiger partial charge in [-0.15, -0.1) is 0 Å². The Kier molecular flexibility index (Phi) is 5.23. The summed E-state index contributed by atoms with van der Waals surface area (Å²) in [6.45, 7) is 9.03. The third-order valence-electron chi connectivity index (χ3n) is 5.00. The smallest absolute Gasteiger partial charge is 0.304 e. The highest BCUT2D eigenvalue weighted by atomic mass is 32.2. The quantitative estimate of drug-likeness (QED) is 0.793. The predicted octanol–water partition coefficient (Wildman–Crippen LogP) is 0.586. The van der Waals surface area contributed by atoms with Crippen LogP contribution in [0.5, 0.6) is 0 Å². The molecule has 26 heavy (non-hydrogen) atoms. The van der Waals surface area contributed by atoms with Gasteiger partial charge in [-0.05, 0) is 38.3 Å². The van der Waals surface area contributed by atoms with E-state index in [0.29, 0.717) is 37.9 Å². The second-order valence-electron chi connectivity index (χ2n) is 7.69. The molecular formula is C17H27N5O3S. The summed E-state index contributed by atoms with van der Waals surface area (Å²) < 4.78 is 28.5. The molecule has 0 radical (unpaired) electrons. The van der Waals surface area contributed by atoms with E-state index < -0.39 is 16.1 Å². The van der Waals surface area contributed by atoms with Gasteiger partial charge in [0.05, 0.1) is 5.56 Å². The van der Waals surface area contributed by atoms with Crippen molar-refractivity contribution in [3.05, 3.63) is 23.9 Å². The molecule has 2 aliphatic rings. The van der Waals surface area contributed by atoms with E-state index in [0.717, 1.165) is 13.0 Å². The zero-order valence-electron chi connectivity index (χ0n) is 15.5. The molecule has 1 aromatic rings. The molecule has 8 nitrogen and oxygen atoms in total. The number of nitrogens with one attached hydrogen (secondary N) is 2. The van der Waals surface area contributed by atoms with E-state index in [2.05, 4.69) is 40.7 Å². The fraction of sp³-hybridized carbons (Fsp3) is 0.647. The number of hydrogen-bond acceptors (Lipinski definition) is 6. The van der Waals surface area contributed by atoms with Crippen LogP contribution in [-0.2, 0) is 10.2 Å². The highest BCUT2D eigenvalue weighted by molar-refractivity contribution is 7.87. The summed E-state index contributed by atoms with van der Waals surface area (Å²) in [4.78, 5) is 19.3. The Bertz CT molecular complexity index is 774. The Hall–Kier alpha value is -1.71. The van der Waals surface area contributed by atoms with Crippen LogP contribution in [0, 0.1) is 5.92 Å². The van der Waals surface area contributed by atoms with Crippen molar-refractivity contribution in [2.75, 3.05) is 37.6 Å². The summed E-state index contributed by atoms with van der Waals surface area (Å²) in [6, 6.07) is 3.28. The number of amides is 1. The Balaban J connectivity index is 1.84. The summed E-state index contributed by atoms with van der Waals surface area (Å²) >= 11 is 0. The maximum atomic E-state index is 12.8. The Morgan fingerprint density at radius 2 is 2.04 bits per heavy atom. The fourth-order valence-electron chi connectivity index (χ4n) is 3.87. The van der Waals surface area contributed by atoms with Crippen molar-refractivity contribution in [2.24, 2.45) is 5.92 Å². The molecule has 3 heterocycles. The first kappa shape index (κ1) is 19.1. The summed E-state index contributed by atoms with van der Waals surface area (Å²) in [5.74, 6) is 0.379. The minimum absolute atomic E-state index is 0.139. The Morgan fingerprint density at radius 3 is 2.65 bits per heavy atom. The lowest BCUT2D eigenvalue weighted by Gasteiger charge is -2.33. The molecule has 2 aliphatic heterocycles. The van der Waals surface area contributed by atoms with Crippen LogP contribution in [0.15, 0.2) is 18.3 Å². The highest BCUT2D eigenvalue weighted by Crippen LogP contribution is 2.37. The van der Waals surface area contributed by atoms with Crippen LogP contribution in [0.4, 0.5) is 5.82 Å². The minimum Gasteiger partial charge on any atom is -0.351 e. The van der Waals surface area contributed by atoms with Crippen molar-refractivity contribution < 1.29 is 13.2 Å². The summed E-state index contributed by atoms with van der Waals surface area (Å²) in [5, 5.41) is 3.10. The van der Waals surface area contributed by atoms with E-state index in [4.69, 9.17) is 0 Å². The van der Waals surface area contributed by atoms with Gasteiger partial charge in [0.1, 0.15) is 5.82 Å². The normalized spacial score (nSPS) is 23.8. The van der Waals surface area contributed by atoms with Crippen molar-refractivity contribution in [3.8, 4) is 0 Å². The SMILES string of the molecule is CC1CN(c2ncccc2C(=O)NS(=O)(=O)N2CCNCC2)C(C)(C)C1. The number of carbonyl (C=O) groups excluding carboxylic acids is 1. The van der Waals surface area contributed by atoms with Gasteiger partial charge in [0.25, 0.3) is 5.91 Å². The first-order chi connectivity index (χ1) is 12.2. The number of anilines is 1. The largest absolute Gasteiger partial charge is 0.351 e. The maximum Gasteiger partial charge on any atom is 0.304 e. The molecule has 2 N–H and O–H groups in total. The van der Waals surface area contributed by atoms with Crippen molar-refractivity contribution in [2.45, 2.75) is 32.7 Å². The highest BCUT2D eigenvalue weighted by Gasteiger charge is 2.39. The first-order valence-corrected chi connectivity index (χ1v) is 10.4. The van der Waals surface area contributed by atoms with Crippen molar-refractivity contribution in [1.82, 2.24) is 19.3 Å². The molecule has 0 bridgehead atoms. The molecule has 9 heteroatoms. The molecule has 0 aliphatic carbocycles. The topological polar surface area (TPSA) is 94.6 Å². The van der Waals surface area contributed by atoms with Gasteiger partial charge < -0.3 is 10.2 Å². The Labute approximate surface area is 155 Å². The van der Waals surface area contributed by atoms with Crippen molar-refractivity contribution >= 4 is 21.9 Å². The van der Waals surface area contributed by atoms with Crippen molar-refractivity contribution in [3.63, 3.8) is 0 Å². The lowest BCUT2D eigenvalue weighted by atomic mass is 9.97. The number of aromatic nitrogens is 1. The number of rotatable bonds is 4. The fourth-order valence-corrected chi connectivity index (χ4v) is 5.01. The molecule has 144 valence electrons. The lowest BCUT2D eigenvalue weighted by molar-refractivity contribution is 0.0979. The third kappa shape index (κ3) is 3.84. The first-order valence-electron chi connectivity index (χ1n) is 8.96. The van der Waals surface area contributed by atoms with Gasteiger partial charge >= 0.3 is 10.2 Å². The van der Waals surface area contributed by atoms with Gasteiger partial charge in [0, 0.05) is 44.5 Å². The van der Waals surface area contributed by atoms with E-state index >= 15 is 0 Å². The summed E-state index contributed by atoms with van der Waals surface area (Å²) in [6.07, 6.45) is 2.62. The minimum atomic E-state index is -3.86. The summed E-state index contributed by atoms with van der Waals surface area (Å²) in [7, 11) is -3.86. The van der Waals surface area contributed by atoms with Gasteiger partial charge in [-0.1, -0.05) is 6.92 Å². The maximum absolute atomic E-state index is 12.8. The number of hydrogen-bond donors (Lipinski definition) is 2. The van der Waals surface area contributed by atoms with Crippen LogP contribution in [0.3, 0.4) is 0 Å². The van der Waals surface area contributed by atoms with E-state index in [9.17, 15) is 13.2 Å². The zero-order valence-corrected chi connectivity index (χ0v) is 16.3. The van der Waals surface area contributed by atoms with E-state index in [1.165, 1.54) is 4.31 Å². The molecule has 0 aromatic carbocycles. The molecule has 1 unspecified atom stereocenters.